The molecule has 1 amide bonds. The van der Waals surface area contributed by atoms with Gasteiger partial charge in [0.2, 0.25) is 5.91 Å². The van der Waals surface area contributed by atoms with Crippen LogP contribution in [-0.4, -0.2) is 62.2 Å². The van der Waals surface area contributed by atoms with E-state index in [-0.39, 0.29) is 36.0 Å². The van der Waals surface area contributed by atoms with Gasteiger partial charge in [-0.2, -0.15) is 0 Å². The van der Waals surface area contributed by atoms with Gasteiger partial charge in [-0.25, -0.2) is 14.2 Å². The number of hydrazine groups is 1. The first-order valence-electron chi connectivity index (χ1n) is 8.84. The fraction of sp³-hybridized carbons (Fsp3) is 0.588. The molecule has 26 heavy (non-hydrogen) atoms. The Bertz CT molecular complexity index is 656. The van der Waals surface area contributed by atoms with E-state index < -0.39 is 11.6 Å². The van der Waals surface area contributed by atoms with Gasteiger partial charge in [-0.1, -0.05) is 0 Å². The largest absolute Gasteiger partial charge is 0.366 e. The van der Waals surface area contributed by atoms with Crippen LogP contribution >= 0.6 is 12.4 Å². The summed E-state index contributed by atoms with van der Waals surface area (Å²) in [6, 6.07) is 3.58. The van der Waals surface area contributed by atoms with Crippen LogP contribution in [0.1, 0.15) is 6.42 Å². The van der Waals surface area contributed by atoms with Crippen LogP contribution in [0.2, 0.25) is 0 Å². The molecule has 3 saturated heterocycles. The summed E-state index contributed by atoms with van der Waals surface area (Å²) < 4.78 is 27.3. The van der Waals surface area contributed by atoms with Crippen molar-refractivity contribution in [2.24, 2.45) is 5.92 Å². The number of benzene rings is 1. The number of halogens is 3. The SMILES string of the molecule is Cl.O=C(C1NNC2CCNCC21)N1CCN(c2cc(F)ccc2F)CC1. The van der Waals surface area contributed by atoms with Crippen molar-refractivity contribution in [2.75, 3.05) is 44.2 Å². The number of piperazine rings is 1. The highest BCUT2D eigenvalue weighted by Gasteiger charge is 2.43. The van der Waals surface area contributed by atoms with Crippen LogP contribution in [0.25, 0.3) is 0 Å². The molecule has 1 aromatic rings. The third kappa shape index (κ3) is 3.64. The number of rotatable bonds is 2. The van der Waals surface area contributed by atoms with Gasteiger partial charge in [-0.15, -0.1) is 12.4 Å². The van der Waals surface area contributed by atoms with Gasteiger partial charge in [0, 0.05) is 50.7 Å². The third-order valence-electron chi connectivity index (χ3n) is 5.49. The van der Waals surface area contributed by atoms with Crippen molar-refractivity contribution in [2.45, 2.75) is 18.5 Å². The molecule has 9 heteroatoms. The Morgan fingerprint density at radius 1 is 1.12 bits per heavy atom. The minimum absolute atomic E-state index is 0. The lowest BCUT2D eigenvalue weighted by molar-refractivity contribution is -0.134. The number of hydrogen-bond acceptors (Lipinski definition) is 5. The Balaban J connectivity index is 0.00000196. The monoisotopic (exact) mass is 387 g/mol. The zero-order valence-corrected chi connectivity index (χ0v) is 15.2. The predicted octanol–water partition coefficient (Wildman–Crippen LogP) is 0.490. The quantitative estimate of drug-likeness (QED) is 0.689. The minimum atomic E-state index is -0.452. The number of amides is 1. The molecule has 3 aliphatic rings. The van der Waals surface area contributed by atoms with Crippen LogP contribution in [0.15, 0.2) is 18.2 Å². The van der Waals surface area contributed by atoms with Gasteiger partial charge >= 0.3 is 0 Å². The van der Waals surface area contributed by atoms with Gasteiger partial charge in [-0.3, -0.25) is 10.2 Å². The average Bonchev–Trinajstić information content (AvgIpc) is 3.07. The Hall–Kier alpha value is -1.48. The topological polar surface area (TPSA) is 59.6 Å². The summed E-state index contributed by atoms with van der Waals surface area (Å²) in [5.41, 5.74) is 6.66. The molecule has 3 heterocycles. The second kappa shape index (κ2) is 8.04. The van der Waals surface area contributed by atoms with Crippen molar-refractivity contribution in [3.05, 3.63) is 29.8 Å². The van der Waals surface area contributed by atoms with E-state index in [0.29, 0.717) is 32.2 Å². The van der Waals surface area contributed by atoms with Crippen LogP contribution < -0.4 is 21.1 Å². The maximum absolute atomic E-state index is 13.9. The lowest BCUT2D eigenvalue weighted by Gasteiger charge is -2.38. The zero-order chi connectivity index (χ0) is 17.4. The standard InChI is InChI=1S/C17H23F2N5O.ClH/c18-11-1-2-13(19)15(9-11)23-5-7-24(8-6-23)17(25)16-12-10-20-4-3-14(12)21-22-16;/h1-2,9,12,14,16,20-22H,3-8,10H2;1H. The maximum Gasteiger partial charge on any atom is 0.241 e. The van der Waals surface area contributed by atoms with Gasteiger partial charge in [0.25, 0.3) is 0 Å². The van der Waals surface area contributed by atoms with E-state index >= 15 is 0 Å². The molecular weight excluding hydrogens is 364 g/mol. The highest BCUT2D eigenvalue weighted by molar-refractivity contribution is 5.85. The summed E-state index contributed by atoms with van der Waals surface area (Å²) >= 11 is 0. The summed E-state index contributed by atoms with van der Waals surface area (Å²) in [6.07, 6.45) is 1.01. The van der Waals surface area contributed by atoms with Crippen molar-refractivity contribution < 1.29 is 13.6 Å². The number of nitrogens with one attached hydrogen (secondary N) is 3. The van der Waals surface area contributed by atoms with Crippen molar-refractivity contribution in [1.29, 1.82) is 0 Å². The number of nitrogens with zero attached hydrogens (tertiary/aromatic N) is 2. The Kier molecular flexibility index (Phi) is 5.96. The molecular formula is C17H24ClF2N5O. The van der Waals surface area contributed by atoms with E-state index in [1.807, 2.05) is 4.90 Å². The first-order valence-corrected chi connectivity index (χ1v) is 8.84. The zero-order valence-electron chi connectivity index (χ0n) is 14.4. The van der Waals surface area contributed by atoms with Crippen LogP contribution in [0.4, 0.5) is 14.5 Å². The molecule has 0 aromatic heterocycles. The van der Waals surface area contributed by atoms with Crippen LogP contribution in [-0.2, 0) is 4.79 Å². The number of anilines is 1. The highest BCUT2D eigenvalue weighted by Crippen LogP contribution is 2.24. The average molecular weight is 388 g/mol. The second-order valence-corrected chi connectivity index (χ2v) is 6.94. The van der Waals surface area contributed by atoms with E-state index in [1.165, 1.54) is 6.07 Å². The second-order valence-electron chi connectivity index (χ2n) is 6.94. The lowest BCUT2D eigenvalue weighted by atomic mass is 9.89. The van der Waals surface area contributed by atoms with Crippen molar-refractivity contribution in [1.82, 2.24) is 21.1 Å². The fourth-order valence-corrected chi connectivity index (χ4v) is 4.05. The molecule has 3 aliphatic heterocycles. The molecule has 0 bridgehead atoms. The smallest absolute Gasteiger partial charge is 0.241 e. The molecule has 3 fully saturated rings. The van der Waals surface area contributed by atoms with Crippen LogP contribution in [0.3, 0.4) is 0 Å². The summed E-state index contributed by atoms with van der Waals surface area (Å²) in [5, 5.41) is 3.35. The van der Waals surface area contributed by atoms with E-state index in [4.69, 9.17) is 0 Å². The molecule has 0 radical (unpaired) electrons. The molecule has 3 unspecified atom stereocenters. The summed E-state index contributed by atoms with van der Waals surface area (Å²) in [5.74, 6) is -0.547. The molecule has 0 spiro atoms. The fourth-order valence-electron chi connectivity index (χ4n) is 4.05. The first-order chi connectivity index (χ1) is 12.1. The molecule has 6 nitrogen and oxygen atoms in total. The van der Waals surface area contributed by atoms with Crippen LogP contribution in [0, 0.1) is 17.6 Å². The Morgan fingerprint density at radius 3 is 2.65 bits per heavy atom. The molecule has 0 saturated carbocycles. The number of piperidine rings is 1. The van der Waals surface area contributed by atoms with Gasteiger partial charge in [0.1, 0.15) is 17.7 Å². The molecule has 4 rings (SSSR count). The molecule has 3 atom stereocenters. The third-order valence-corrected chi connectivity index (χ3v) is 5.49. The van der Waals surface area contributed by atoms with Crippen molar-refractivity contribution in [3.63, 3.8) is 0 Å². The van der Waals surface area contributed by atoms with Gasteiger partial charge in [-0.05, 0) is 25.1 Å². The van der Waals surface area contributed by atoms with Gasteiger partial charge in [0.05, 0.1) is 5.69 Å². The first kappa shape index (κ1) is 19.3. The molecule has 0 aliphatic carbocycles. The Morgan fingerprint density at radius 2 is 1.88 bits per heavy atom. The number of carbonyl (C=O) groups excluding carboxylic acids is 1. The molecule has 3 N–H and O–H groups in total. The number of fused-ring (bicyclic) bond motifs is 1. The predicted molar refractivity (Wildman–Crippen MR) is 97.2 cm³/mol. The normalized spacial score (nSPS) is 28.5. The van der Waals surface area contributed by atoms with E-state index in [0.717, 1.165) is 31.6 Å². The van der Waals surface area contributed by atoms with Crippen molar-refractivity contribution in [3.8, 4) is 0 Å². The number of carbonyl (C=O) groups is 1. The van der Waals surface area contributed by atoms with E-state index in [9.17, 15) is 13.6 Å². The minimum Gasteiger partial charge on any atom is -0.366 e. The highest BCUT2D eigenvalue weighted by atomic mass is 35.5. The molecule has 144 valence electrons. The van der Waals surface area contributed by atoms with Gasteiger partial charge < -0.3 is 15.1 Å². The molecule has 1 aromatic carbocycles. The summed E-state index contributed by atoms with van der Waals surface area (Å²) in [6.45, 7) is 3.82. The van der Waals surface area contributed by atoms with Crippen LogP contribution in [0.5, 0.6) is 0 Å². The summed E-state index contributed by atoms with van der Waals surface area (Å²) in [4.78, 5) is 16.5. The lowest BCUT2D eigenvalue weighted by Crippen LogP contribution is -2.56. The Labute approximate surface area is 157 Å². The van der Waals surface area contributed by atoms with Gasteiger partial charge in [0.15, 0.2) is 0 Å². The summed E-state index contributed by atoms with van der Waals surface area (Å²) in [7, 11) is 0. The van der Waals surface area contributed by atoms with Crippen molar-refractivity contribution >= 4 is 24.0 Å². The van der Waals surface area contributed by atoms with E-state index in [2.05, 4.69) is 16.2 Å². The van der Waals surface area contributed by atoms with E-state index in [1.54, 1.807) is 4.90 Å². The maximum atomic E-state index is 13.9. The number of hydrogen-bond donors (Lipinski definition) is 3.